The molecule has 4 nitrogen and oxygen atoms in total. The van der Waals surface area contributed by atoms with Crippen molar-refractivity contribution in [2.24, 2.45) is 0 Å². The van der Waals surface area contributed by atoms with Gasteiger partial charge in [-0.1, -0.05) is 5.16 Å². The normalized spacial score (nSPS) is 14.1. The number of aromatic nitrogens is 1. The third-order valence-corrected chi connectivity index (χ3v) is 2.76. The molecule has 1 aliphatic carbocycles. The Morgan fingerprint density at radius 2 is 1.94 bits per heavy atom. The lowest BCUT2D eigenvalue weighted by atomic mass is 10.1. The molecule has 0 unspecified atom stereocenters. The molecular formula is C12H9NO3. The fourth-order valence-electron chi connectivity index (χ4n) is 1.95. The van der Waals surface area contributed by atoms with Gasteiger partial charge in [0.15, 0.2) is 5.78 Å². The third kappa shape index (κ3) is 1.23. The van der Waals surface area contributed by atoms with Crippen molar-refractivity contribution in [3.63, 3.8) is 0 Å². The summed E-state index contributed by atoms with van der Waals surface area (Å²) >= 11 is 0. The molecule has 0 amide bonds. The Balaban J connectivity index is 2.14. The number of benzene rings is 1. The Labute approximate surface area is 91.5 Å². The van der Waals surface area contributed by atoms with Crippen LogP contribution in [0.15, 0.2) is 28.8 Å². The van der Waals surface area contributed by atoms with E-state index in [1.165, 1.54) is 0 Å². The minimum absolute atomic E-state index is 0.0827. The molecule has 1 heterocycles. The number of aromatic hydroxyl groups is 1. The van der Waals surface area contributed by atoms with Gasteiger partial charge in [0.25, 0.3) is 0 Å². The number of carbonyl (C=O) groups excluding carboxylic acids is 1. The topological polar surface area (TPSA) is 63.3 Å². The van der Waals surface area contributed by atoms with Gasteiger partial charge in [-0.2, -0.15) is 0 Å². The molecule has 0 spiro atoms. The Kier molecular flexibility index (Phi) is 1.83. The number of hydrogen-bond donors (Lipinski definition) is 1. The lowest BCUT2D eigenvalue weighted by Gasteiger charge is -1.98. The summed E-state index contributed by atoms with van der Waals surface area (Å²) in [6, 6.07) is 6.57. The summed E-state index contributed by atoms with van der Waals surface area (Å²) in [4.78, 5) is 11.6. The van der Waals surface area contributed by atoms with E-state index in [0.29, 0.717) is 29.9 Å². The van der Waals surface area contributed by atoms with Crippen molar-refractivity contribution < 1.29 is 14.4 Å². The van der Waals surface area contributed by atoms with Crippen molar-refractivity contribution in [3.8, 4) is 17.0 Å². The largest absolute Gasteiger partial charge is 0.508 e. The quantitative estimate of drug-likeness (QED) is 0.791. The highest BCUT2D eigenvalue weighted by Crippen LogP contribution is 2.32. The first-order valence-corrected chi connectivity index (χ1v) is 5.07. The van der Waals surface area contributed by atoms with Crippen LogP contribution in [0, 0.1) is 0 Å². The highest BCUT2D eigenvalue weighted by atomic mass is 16.5. The summed E-state index contributed by atoms with van der Waals surface area (Å²) in [5, 5.41) is 13.1. The van der Waals surface area contributed by atoms with Gasteiger partial charge in [-0.3, -0.25) is 4.79 Å². The van der Waals surface area contributed by atoms with E-state index in [4.69, 9.17) is 4.52 Å². The van der Waals surface area contributed by atoms with Gasteiger partial charge in [-0.15, -0.1) is 0 Å². The van der Waals surface area contributed by atoms with E-state index in [2.05, 4.69) is 5.16 Å². The average Bonchev–Trinajstić information content (AvgIpc) is 2.84. The van der Waals surface area contributed by atoms with Gasteiger partial charge in [0, 0.05) is 18.4 Å². The van der Waals surface area contributed by atoms with E-state index in [1.807, 2.05) is 0 Å². The zero-order chi connectivity index (χ0) is 11.1. The number of phenolic OH excluding ortho intramolecular Hbond substituents is 1. The Morgan fingerprint density at radius 1 is 1.19 bits per heavy atom. The van der Waals surface area contributed by atoms with Crippen LogP contribution >= 0.6 is 0 Å². The molecule has 2 aromatic rings. The summed E-state index contributed by atoms with van der Waals surface area (Å²) < 4.78 is 5.13. The van der Waals surface area contributed by atoms with Gasteiger partial charge in [-0.25, -0.2) is 0 Å². The van der Waals surface area contributed by atoms with Crippen molar-refractivity contribution >= 4 is 5.78 Å². The van der Waals surface area contributed by atoms with Crippen molar-refractivity contribution in [2.45, 2.75) is 12.8 Å². The fourth-order valence-corrected chi connectivity index (χ4v) is 1.95. The predicted molar refractivity (Wildman–Crippen MR) is 56.3 cm³/mol. The maximum atomic E-state index is 11.6. The number of hydrogen-bond acceptors (Lipinski definition) is 4. The number of nitrogens with zero attached hydrogens (tertiary/aromatic N) is 1. The molecule has 1 N–H and O–H groups in total. The molecule has 0 bridgehead atoms. The van der Waals surface area contributed by atoms with Crippen LogP contribution in [0.4, 0.5) is 0 Å². The maximum absolute atomic E-state index is 11.6. The van der Waals surface area contributed by atoms with Crippen LogP contribution in [0.25, 0.3) is 11.3 Å². The first-order valence-electron chi connectivity index (χ1n) is 5.07. The monoisotopic (exact) mass is 215 g/mol. The number of rotatable bonds is 1. The summed E-state index contributed by atoms with van der Waals surface area (Å²) in [5.74, 6) is 0.947. The van der Waals surface area contributed by atoms with Gasteiger partial charge in [0.05, 0.1) is 5.56 Å². The maximum Gasteiger partial charge on any atom is 0.169 e. The van der Waals surface area contributed by atoms with Crippen LogP contribution in [0.2, 0.25) is 0 Å². The average molecular weight is 215 g/mol. The molecule has 1 aromatic heterocycles. The number of carbonyl (C=O) groups is 1. The number of aryl methyl sites for hydroxylation is 1. The molecule has 0 fully saturated rings. The Bertz CT molecular complexity index is 554. The summed E-state index contributed by atoms with van der Waals surface area (Å²) in [5.41, 5.74) is 1.97. The van der Waals surface area contributed by atoms with E-state index in [-0.39, 0.29) is 11.5 Å². The van der Waals surface area contributed by atoms with Crippen LogP contribution in [0.1, 0.15) is 22.5 Å². The first-order chi connectivity index (χ1) is 7.75. The van der Waals surface area contributed by atoms with E-state index in [1.54, 1.807) is 24.3 Å². The van der Waals surface area contributed by atoms with Gasteiger partial charge >= 0.3 is 0 Å². The van der Waals surface area contributed by atoms with E-state index in [9.17, 15) is 9.90 Å². The van der Waals surface area contributed by atoms with Gasteiger partial charge < -0.3 is 9.63 Å². The van der Waals surface area contributed by atoms with Crippen LogP contribution < -0.4 is 0 Å². The lowest BCUT2D eigenvalue weighted by Crippen LogP contribution is -1.93. The molecule has 1 aromatic carbocycles. The first kappa shape index (κ1) is 9.15. The molecule has 0 radical (unpaired) electrons. The van der Waals surface area contributed by atoms with Crippen LogP contribution in [-0.2, 0) is 6.42 Å². The molecule has 0 atom stereocenters. The Hall–Kier alpha value is -2.10. The summed E-state index contributed by atoms with van der Waals surface area (Å²) in [6.07, 6.45) is 1.14. The molecule has 1 aliphatic rings. The van der Waals surface area contributed by atoms with Crippen molar-refractivity contribution in [1.82, 2.24) is 5.16 Å². The molecule has 80 valence electrons. The highest BCUT2D eigenvalue weighted by molar-refractivity contribution is 6.04. The smallest absolute Gasteiger partial charge is 0.169 e. The molecule has 0 saturated carbocycles. The van der Waals surface area contributed by atoms with Crippen molar-refractivity contribution in [3.05, 3.63) is 35.6 Å². The van der Waals surface area contributed by atoms with E-state index >= 15 is 0 Å². The standard InChI is InChI=1S/C12H9NO3/c14-8-3-1-7(2-4-8)12-11-9(15)5-6-10(11)16-13-12/h1-4,14H,5-6H2. The Morgan fingerprint density at radius 3 is 2.69 bits per heavy atom. The molecule has 4 heteroatoms. The summed E-state index contributed by atoms with van der Waals surface area (Å²) in [7, 11) is 0. The number of Topliss-reactive ketones (excluding diaryl/α,β-unsaturated/α-hetero) is 1. The van der Waals surface area contributed by atoms with Gasteiger partial charge in [0.1, 0.15) is 17.2 Å². The number of phenols is 1. The third-order valence-electron chi connectivity index (χ3n) is 2.76. The van der Waals surface area contributed by atoms with E-state index in [0.717, 1.165) is 5.56 Å². The second-order valence-electron chi connectivity index (χ2n) is 3.80. The zero-order valence-corrected chi connectivity index (χ0v) is 8.43. The lowest BCUT2D eigenvalue weighted by molar-refractivity contribution is 0.0995. The minimum atomic E-state index is 0.0827. The molecule has 0 saturated heterocycles. The van der Waals surface area contributed by atoms with Gasteiger partial charge in [0.2, 0.25) is 0 Å². The zero-order valence-electron chi connectivity index (χ0n) is 8.43. The second kappa shape index (κ2) is 3.20. The predicted octanol–water partition coefficient (Wildman–Crippen LogP) is 2.18. The molecule has 0 aliphatic heterocycles. The number of ketones is 1. The SMILES string of the molecule is O=C1CCc2onc(-c3ccc(O)cc3)c21. The molecule has 3 rings (SSSR count). The minimum Gasteiger partial charge on any atom is -0.508 e. The molecular weight excluding hydrogens is 206 g/mol. The van der Waals surface area contributed by atoms with Gasteiger partial charge in [-0.05, 0) is 24.3 Å². The highest BCUT2D eigenvalue weighted by Gasteiger charge is 2.29. The number of fused-ring (bicyclic) bond motifs is 1. The fraction of sp³-hybridized carbons (Fsp3) is 0.167. The van der Waals surface area contributed by atoms with E-state index < -0.39 is 0 Å². The van der Waals surface area contributed by atoms with Crippen LogP contribution in [-0.4, -0.2) is 16.0 Å². The summed E-state index contributed by atoms with van der Waals surface area (Å²) in [6.45, 7) is 0. The van der Waals surface area contributed by atoms with Crippen molar-refractivity contribution in [1.29, 1.82) is 0 Å². The van der Waals surface area contributed by atoms with Crippen molar-refractivity contribution in [2.75, 3.05) is 0 Å². The van der Waals surface area contributed by atoms with Crippen LogP contribution in [0.3, 0.4) is 0 Å². The second-order valence-corrected chi connectivity index (χ2v) is 3.80. The van der Waals surface area contributed by atoms with Crippen LogP contribution in [0.5, 0.6) is 5.75 Å². The molecule has 16 heavy (non-hydrogen) atoms.